The molecular weight excluding hydrogens is 360 g/mol. The van der Waals surface area contributed by atoms with E-state index in [1.54, 1.807) is 0 Å². The van der Waals surface area contributed by atoms with Crippen LogP contribution >= 0.6 is 12.4 Å². The molecule has 2 atom stereocenters. The van der Waals surface area contributed by atoms with E-state index in [1.807, 2.05) is 28.9 Å². The predicted molar refractivity (Wildman–Crippen MR) is 113 cm³/mol. The topological polar surface area (TPSA) is 59.0 Å². The van der Waals surface area contributed by atoms with Crippen molar-refractivity contribution in [3.63, 3.8) is 0 Å². The summed E-state index contributed by atoms with van der Waals surface area (Å²) < 4.78 is 1.87. The van der Waals surface area contributed by atoms with Crippen LogP contribution < -0.4 is 10.6 Å². The fraction of sp³-hybridized carbons (Fsp3) is 0.524. The lowest BCUT2D eigenvalue weighted by Gasteiger charge is -2.27. The molecule has 1 aromatic carbocycles. The number of aryl methyl sites for hydroxylation is 1. The maximum absolute atomic E-state index is 12.9. The molecule has 3 rings (SSSR count). The van der Waals surface area contributed by atoms with Crippen molar-refractivity contribution in [2.24, 2.45) is 5.92 Å². The van der Waals surface area contributed by atoms with E-state index in [0.29, 0.717) is 6.04 Å². The first-order valence-corrected chi connectivity index (χ1v) is 9.46. The molecule has 1 saturated heterocycles. The first-order valence-electron chi connectivity index (χ1n) is 9.46. The number of piperidine rings is 1. The van der Waals surface area contributed by atoms with E-state index in [-0.39, 0.29) is 29.6 Å². The number of anilines is 1. The maximum atomic E-state index is 12.9. The molecule has 0 bridgehead atoms. The molecule has 1 aromatic heterocycles. The largest absolute Gasteiger partial charge is 0.314 e. The first-order chi connectivity index (χ1) is 12.3. The molecule has 1 aliphatic rings. The van der Waals surface area contributed by atoms with Crippen molar-refractivity contribution in [2.75, 3.05) is 11.9 Å². The van der Waals surface area contributed by atoms with Gasteiger partial charge in [-0.15, -0.1) is 12.4 Å². The third-order valence-corrected chi connectivity index (χ3v) is 5.07. The van der Waals surface area contributed by atoms with Gasteiger partial charge < -0.3 is 10.6 Å². The third kappa shape index (κ3) is 4.90. The zero-order valence-electron chi connectivity index (χ0n) is 16.9. The molecule has 1 amide bonds. The van der Waals surface area contributed by atoms with Gasteiger partial charge in [0.05, 0.1) is 11.4 Å². The number of aromatic nitrogens is 2. The standard InChI is InChI=1S/C21H30N4O.ClH/c1-14-8-6-7-9-17(14)25-19(13-18(24-25)21(3,4)5)23-20(26)16-10-11-22-15(2)12-16;/h6-9,13,15-16,22H,10-12H2,1-5H3,(H,23,26);1H/t15-,16-;/m0./s1. The van der Waals surface area contributed by atoms with Crippen molar-refractivity contribution < 1.29 is 4.79 Å². The molecule has 0 spiro atoms. The smallest absolute Gasteiger partial charge is 0.228 e. The summed E-state index contributed by atoms with van der Waals surface area (Å²) in [6, 6.07) is 10.5. The van der Waals surface area contributed by atoms with Crippen molar-refractivity contribution in [3.8, 4) is 5.69 Å². The number of benzene rings is 1. The number of hydrogen-bond donors (Lipinski definition) is 2. The number of halogens is 1. The van der Waals surface area contributed by atoms with Crippen LogP contribution in [0.25, 0.3) is 5.69 Å². The second kappa shape index (κ2) is 8.44. The molecule has 2 N–H and O–H groups in total. The summed E-state index contributed by atoms with van der Waals surface area (Å²) in [7, 11) is 0. The number of carbonyl (C=O) groups excluding carboxylic acids is 1. The van der Waals surface area contributed by atoms with Gasteiger partial charge in [0.2, 0.25) is 5.91 Å². The Balaban J connectivity index is 0.00000261. The molecule has 6 heteroatoms. The lowest BCUT2D eigenvalue weighted by molar-refractivity contribution is -0.120. The van der Waals surface area contributed by atoms with Crippen LogP contribution in [-0.4, -0.2) is 28.3 Å². The number of nitrogens with zero attached hydrogens (tertiary/aromatic N) is 2. The molecule has 5 nitrogen and oxygen atoms in total. The number of carbonyl (C=O) groups is 1. The van der Waals surface area contributed by atoms with E-state index >= 15 is 0 Å². The molecule has 0 unspecified atom stereocenters. The summed E-state index contributed by atoms with van der Waals surface area (Å²) in [6.45, 7) is 11.5. The van der Waals surface area contributed by atoms with Crippen LogP contribution in [0.5, 0.6) is 0 Å². The van der Waals surface area contributed by atoms with Gasteiger partial charge in [-0.2, -0.15) is 5.10 Å². The van der Waals surface area contributed by atoms with E-state index in [9.17, 15) is 4.79 Å². The summed E-state index contributed by atoms with van der Waals surface area (Å²) in [5.74, 6) is 0.888. The summed E-state index contributed by atoms with van der Waals surface area (Å²) >= 11 is 0. The highest BCUT2D eigenvalue weighted by Gasteiger charge is 2.27. The first kappa shape index (κ1) is 21.5. The minimum absolute atomic E-state index is 0. The van der Waals surface area contributed by atoms with Crippen molar-refractivity contribution in [3.05, 3.63) is 41.6 Å². The van der Waals surface area contributed by atoms with Crippen molar-refractivity contribution in [1.29, 1.82) is 0 Å². The van der Waals surface area contributed by atoms with Crippen LogP contribution in [0.4, 0.5) is 5.82 Å². The summed E-state index contributed by atoms with van der Waals surface area (Å²) in [6.07, 6.45) is 1.75. The average molecular weight is 391 g/mol. The molecule has 148 valence electrons. The van der Waals surface area contributed by atoms with Crippen LogP contribution in [0.2, 0.25) is 0 Å². The van der Waals surface area contributed by atoms with Crippen LogP contribution in [0.1, 0.15) is 51.8 Å². The van der Waals surface area contributed by atoms with Gasteiger partial charge in [-0.3, -0.25) is 4.79 Å². The zero-order valence-corrected chi connectivity index (χ0v) is 17.7. The van der Waals surface area contributed by atoms with E-state index < -0.39 is 0 Å². The summed E-state index contributed by atoms with van der Waals surface area (Å²) in [4.78, 5) is 12.9. The maximum Gasteiger partial charge on any atom is 0.228 e. The fourth-order valence-corrected chi connectivity index (χ4v) is 3.42. The molecule has 0 saturated carbocycles. The Bertz CT molecular complexity index is 794. The van der Waals surface area contributed by atoms with Crippen molar-refractivity contribution in [2.45, 2.75) is 58.9 Å². The molecule has 1 aliphatic heterocycles. The van der Waals surface area contributed by atoms with Gasteiger partial charge in [-0.05, 0) is 44.9 Å². The molecule has 0 radical (unpaired) electrons. The summed E-state index contributed by atoms with van der Waals surface area (Å²) in [5.41, 5.74) is 3.00. The number of amides is 1. The van der Waals surface area contributed by atoms with E-state index in [4.69, 9.17) is 5.10 Å². The van der Waals surface area contributed by atoms with Gasteiger partial charge in [0.25, 0.3) is 0 Å². The Morgan fingerprint density at radius 2 is 2.00 bits per heavy atom. The number of rotatable bonds is 3. The van der Waals surface area contributed by atoms with Crippen LogP contribution in [0.15, 0.2) is 30.3 Å². The normalized spacial score (nSPS) is 20.0. The Hall–Kier alpha value is -1.85. The Morgan fingerprint density at radius 3 is 2.63 bits per heavy atom. The van der Waals surface area contributed by atoms with Gasteiger partial charge >= 0.3 is 0 Å². The zero-order chi connectivity index (χ0) is 18.9. The van der Waals surface area contributed by atoms with E-state index in [0.717, 1.165) is 42.1 Å². The van der Waals surface area contributed by atoms with Crippen LogP contribution in [0, 0.1) is 12.8 Å². The second-order valence-electron chi connectivity index (χ2n) is 8.43. The highest BCUT2D eigenvalue weighted by molar-refractivity contribution is 5.92. The lowest BCUT2D eigenvalue weighted by Crippen LogP contribution is -2.40. The molecule has 27 heavy (non-hydrogen) atoms. The number of nitrogens with one attached hydrogen (secondary N) is 2. The lowest BCUT2D eigenvalue weighted by atomic mass is 9.92. The molecular formula is C21H31ClN4O. The quantitative estimate of drug-likeness (QED) is 0.824. The van der Waals surface area contributed by atoms with Gasteiger partial charge in [0, 0.05) is 23.4 Å². The van der Waals surface area contributed by atoms with E-state index in [2.05, 4.69) is 51.3 Å². The molecule has 1 fully saturated rings. The van der Waals surface area contributed by atoms with Gasteiger partial charge in [0.15, 0.2) is 0 Å². The van der Waals surface area contributed by atoms with Gasteiger partial charge in [-0.1, -0.05) is 39.0 Å². The Kier molecular flexibility index (Phi) is 6.71. The number of hydrogen-bond acceptors (Lipinski definition) is 3. The predicted octanol–water partition coefficient (Wildman–Crippen LogP) is 4.23. The fourth-order valence-electron chi connectivity index (χ4n) is 3.42. The Morgan fingerprint density at radius 1 is 1.30 bits per heavy atom. The minimum Gasteiger partial charge on any atom is -0.314 e. The highest BCUT2D eigenvalue weighted by Crippen LogP contribution is 2.28. The van der Waals surface area contributed by atoms with Crippen molar-refractivity contribution in [1.82, 2.24) is 15.1 Å². The van der Waals surface area contributed by atoms with Crippen LogP contribution in [-0.2, 0) is 10.2 Å². The third-order valence-electron chi connectivity index (χ3n) is 5.07. The number of para-hydroxylation sites is 1. The highest BCUT2D eigenvalue weighted by atomic mass is 35.5. The monoisotopic (exact) mass is 390 g/mol. The molecule has 2 aromatic rings. The second-order valence-corrected chi connectivity index (χ2v) is 8.43. The molecule has 0 aliphatic carbocycles. The van der Waals surface area contributed by atoms with Crippen molar-refractivity contribution >= 4 is 24.1 Å². The van der Waals surface area contributed by atoms with Gasteiger partial charge in [0.1, 0.15) is 5.82 Å². The SMILES string of the molecule is Cc1ccccc1-n1nc(C(C)(C)C)cc1NC(=O)[C@H]1CCN[C@@H](C)C1.Cl. The van der Waals surface area contributed by atoms with Crippen LogP contribution in [0.3, 0.4) is 0 Å². The summed E-state index contributed by atoms with van der Waals surface area (Å²) in [5, 5.41) is 11.4. The average Bonchev–Trinajstić information content (AvgIpc) is 2.99. The van der Waals surface area contributed by atoms with E-state index in [1.165, 1.54) is 0 Å². The van der Waals surface area contributed by atoms with Gasteiger partial charge in [-0.25, -0.2) is 4.68 Å². The Labute approximate surface area is 168 Å². The molecule has 2 heterocycles. The minimum atomic E-state index is -0.0866.